The lowest BCUT2D eigenvalue weighted by Gasteiger charge is -2.35. The molecule has 0 spiro atoms. The van der Waals surface area contributed by atoms with Crippen LogP contribution in [-0.4, -0.2) is 43.5 Å². The fourth-order valence-electron chi connectivity index (χ4n) is 2.74. The van der Waals surface area contributed by atoms with Gasteiger partial charge in [-0.15, -0.1) is 0 Å². The first-order chi connectivity index (χ1) is 10.5. The number of amides is 1. The van der Waals surface area contributed by atoms with E-state index in [9.17, 15) is 4.79 Å². The summed E-state index contributed by atoms with van der Waals surface area (Å²) in [7, 11) is 0. The summed E-state index contributed by atoms with van der Waals surface area (Å²) in [4.78, 5) is 16.7. The van der Waals surface area contributed by atoms with Crippen LogP contribution in [0.3, 0.4) is 0 Å². The number of piperazine rings is 1. The van der Waals surface area contributed by atoms with Crippen molar-refractivity contribution >= 4 is 17.3 Å². The number of carbonyl (C=O) groups excluding carboxylic acids is 1. The van der Waals surface area contributed by atoms with Gasteiger partial charge in [-0.3, -0.25) is 4.79 Å². The maximum Gasteiger partial charge on any atom is 0.248 e. The van der Waals surface area contributed by atoms with Crippen LogP contribution in [-0.2, 0) is 4.79 Å². The predicted molar refractivity (Wildman–Crippen MR) is 93.6 cm³/mol. The fourth-order valence-corrected chi connectivity index (χ4v) is 2.74. The van der Waals surface area contributed by atoms with Gasteiger partial charge in [0, 0.05) is 43.6 Å². The van der Waals surface area contributed by atoms with Crippen molar-refractivity contribution < 1.29 is 4.79 Å². The standard InChI is InChI=1S/C18H27N3O/c1-5-20-8-10-21(11-9-20)16-6-7-17(15(4)13-16)19-18(22)12-14(2)3/h6-7,12-13H,5,8-11H2,1-4H3,(H,19,22). The summed E-state index contributed by atoms with van der Waals surface area (Å²) in [6.07, 6.45) is 1.62. The Balaban J connectivity index is 2.04. The molecule has 1 aromatic rings. The van der Waals surface area contributed by atoms with Gasteiger partial charge in [0.25, 0.3) is 0 Å². The van der Waals surface area contributed by atoms with E-state index in [0.717, 1.165) is 49.5 Å². The Hall–Kier alpha value is -1.81. The molecule has 4 nitrogen and oxygen atoms in total. The van der Waals surface area contributed by atoms with Crippen LogP contribution in [0.5, 0.6) is 0 Å². The van der Waals surface area contributed by atoms with Gasteiger partial charge in [0.1, 0.15) is 0 Å². The van der Waals surface area contributed by atoms with Gasteiger partial charge < -0.3 is 15.1 Å². The summed E-state index contributed by atoms with van der Waals surface area (Å²) in [5, 5.41) is 2.95. The molecule has 22 heavy (non-hydrogen) atoms. The summed E-state index contributed by atoms with van der Waals surface area (Å²) in [6, 6.07) is 6.28. The van der Waals surface area contributed by atoms with Crippen LogP contribution in [0.25, 0.3) is 0 Å². The van der Waals surface area contributed by atoms with Crippen LogP contribution in [0.15, 0.2) is 29.8 Å². The Morgan fingerprint density at radius 2 is 1.91 bits per heavy atom. The molecule has 1 aromatic carbocycles. The Labute approximate surface area is 133 Å². The second-order valence-corrected chi connectivity index (χ2v) is 6.13. The minimum absolute atomic E-state index is 0.0626. The second-order valence-electron chi connectivity index (χ2n) is 6.13. The van der Waals surface area contributed by atoms with E-state index < -0.39 is 0 Å². The predicted octanol–water partition coefficient (Wildman–Crippen LogP) is 3.04. The third-order valence-electron chi connectivity index (χ3n) is 4.07. The quantitative estimate of drug-likeness (QED) is 0.868. The average molecular weight is 301 g/mol. The maximum absolute atomic E-state index is 11.8. The molecule has 1 fully saturated rings. The number of anilines is 2. The van der Waals surface area contributed by atoms with Crippen LogP contribution in [0.4, 0.5) is 11.4 Å². The molecule has 1 amide bonds. The molecule has 2 rings (SSSR count). The largest absolute Gasteiger partial charge is 0.369 e. The molecule has 0 atom stereocenters. The van der Waals surface area contributed by atoms with Gasteiger partial charge in [0.15, 0.2) is 0 Å². The number of nitrogens with zero attached hydrogens (tertiary/aromatic N) is 2. The van der Waals surface area contributed by atoms with Crippen LogP contribution in [0.1, 0.15) is 26.3 Å². The Bertz CT molecular complexity index is 553. The first kappa shape index (κ1) is 16.6. The zero-order valence-electron chi connectivity index (χ0n) is 14.1. The fraction of sp³-hybridized carbons (Fsp3) is 0.500. The van der Waals surface area contributed by atoms with Gasteiger partial charge in [0.2, 0.25) is 5.91 Å². The van der Waals surface area contributed by atoms with E-state index in [4.69, 9.17) is 0 Å². The molecule has 0 saturated carbocycles. The van der Waals surface area contributed by atoms with Gasteiger partial charge in [-0.25, -0.2) is 0 Å². The Kier molecular flexibility index (Phi) is 5.61. The third-order valence-corrected chi connectivity index (χ3v) is 4.07. The topological polar surface area (TPSA) is 35.6 Å². The number of allylic oxidation sites excluding steroid dienone is 1. The summed E-state index contributed by atoms with van der Waals surface area (Å²) >= 11 is 0. The van der Waals surface area contributed by atoms with E-state index >= 15 is 0 Å². The molecule has 120 valence electrons. The molecule has 1 N–H and O–H groups in total. The molecular weight excluding hydrogens is 274 g/mol. The van der Waals surface area contributed by atoms with E-state index in [-0.39, 0.29) is 5.91 Å². The lowest BCUT2D eigenvalue weighted by molar-refractivity contribution is -0.111. The number of aryl methyl sites for hydroxylation is 1. The van der Waals surface area contributed by atoms with Crippen LogP contribution in [0.2, 0.25) is 0 Å². The summed E-state index contributed by atoms with van der Waals surface area (Å²) < 4.78 is 0. The van der Waals surface area contributed by atoms with Crippen molar-refractivity contribution in [1.82, 2.24) is 4.90 Å². The minimum Gasteiger partial charge on any atom is -0.369 e. The molecule has 1 heterocycles. The molecule has 1 aliphatic rings. The van der Waals surface area contributed by atoms with Crippen molar-refractivity contribution in [3.63, 3.8) is 0 Å². The van der Waals surface area contributed by atoms with Crippen LogP contribution < -0.4 is 10.2 Å². The van der Waals surface area contributed by atoms with E-state index in [1.807, 2.05) is 26.8 Å². The highest BCUT2D eigenvalue weighted by atomic mass is 16.1. The Morgan fingerprint density at radius 1 is 1.23 bits per heavy atom. The number of carbonyl (C=O) groups is 1. The van der Waals surface area contributed by atoms with E-state index in [0.29, 0.717) is 0 Å². The first-order valence-corrected chi connectivity index (χ1v) is 8.03. The zero-order valence-corrected chi connectivity index (χ0v) is 14.1. The summed E-state index contributed by atoms with van der Waals surface area (Å²) in [5.74, 6) is -0.0626. The number of nitrogens with one attached hydrogen (secondary N) is 1. The average Bonchev–Trinajstić information content (AvgIpc) is 2.48. The van der Waals surface area contributed by atoms with Crippen molar-refractivity contribution in [2.45, 2.75) is 27.7 Å². The minimum atomic E-state index is -0.0626. The number of benzene rings is 1. The maximum atomic E-state index is 11.8. The molecule has 0 radical (unpaired) electrons. The number of rotatable bonds is 4. The van der Waals surface area contributed by atoms with Gasteiger partial charge >= 0.3 is 0 Å². The van der Waals surface area contributed by atoms with Crippen molar-refractivity contribution in [2.75, 3.05) is 42.9 Å². The van der Waals surface area contributed by atoms with Crippen molar-refractivity contribution in [2.24, 2.45) is 0 Å². The van der Waals surface area contributed by atoms with Gasteiger partial charge in [-0.05, 0) is 51.1 Å². The first-order valence-electron chi connectivity index (χ1n) is 8.03. The number of hydrogen-bond donors (Lipinski definition) is 1. The van der Waals surface area contributed by atoms with Gasteiger partial charge in [-0.1, -0.05) is 12.5 Å². The molecule has 0 unspecified atom stereocenters. The third kappa shape index (κ3) is 4.34. The number of hydrogen-bond acceptors (Lipinski definition) is 3. The van der Waals surface area contributed by atoms with Crippen molar-refractivity contribution in [3.05, 3.63) is 35.4 Å². The lowest BCUT2D eigenvalue weighted by Crippen LogP contribution is -2.46. The SMILES string of the molecule is CCN1CCN(c2ccc(NC(=O)C=C(C)C)c(C)c2)CC1. The van der Waals surface area contributed by atoms with Gasteiger partial charge in [0.05, 0.1) is 0 Å². The monoisotopic (exact) mass is 301 g/mol. The van der Waals surface area contributed by atoms with Crippen molar-refractivity contribution in [1.29, 1.82) is 0 Å². The highest BCUT2D eigenvalue weighted by Gasteiger charge is 2.16. The molecule has 0 aromatic heterocycles. The molecule has 0 bridgehead atoms. The summed E-state index contributed by atoms with van der Waals surface area (Å²) in [6.45, 7) is 13.6. The molecule has 1 saturated heterocycles. The highest BCUT2D eigenvalue weighted by molar-refractivity contribution is 6.00. The molecular formula is C18H27N3O. The smallest absolute Gasteiger partial charge is 0.248 e. The molecule has 4 heteroatoms. The lowest BCUT2D eigenvalue weighted by atomic mass is 10.1. The zero-order chi connectivity index (χ0) is 16.1. The molecule has 1 aliphatic heterocycles. The van der Waals surface area contributed by atoms with Crippen molar-refractivity contribution in [3.8, 4) is 0 Å². The highest BCUT2D eigenvalue weighted by Crippen LogP contribution is 2.23. The van der Waals surface area contributed by atoms with E-state index in [1.54, 1.807) is 6.08 Å². The van der Waals surface area contributed by atoms with E-state index in [1.165, 1.54) is 5.69 Å². The molecule has 0 aliphatic carbocycles. The number of likely N-dealkylation sites (N-methyl/N-ethyl adjacent to an activating group) is 1. The van der Waals surface area contributed by atoms with E-state index in [2.05, 4.69) is 34.2 Å². The van der Waals surface area contributed by atoms with Crippen LogP contribution in [0, 0.1) is 6.92 Å². The second kappa shape index (κ2) is 7.45. The summed E-state index contributed by atoms with van der Waals surface area (Å²) in [5.41, 5.74) is 4.23. The van der Waals surface area contributed by atoms with Crippen LogP contribution >= 0.6 is 0 Å². The Morgan fingerprint density at radius 3 is 2.45 bits per heavy atom. The normalized spacial score (nSPS) is 15.5. The van der Waals surface area contributed by atoms with Gasteiger partial charge in [-0.2, -0.15) is 0 Å².